The quantitative estimate of drug-likeness (QED) is 0.822. The maximum Gasteiger partial charge on any atom is 0.253 e. The SMILES string of the molecule is CC(C)C(C)NC(=O)c1cc(F)c(F)c(S(N)(=O)=O)c1Cl. The van der Waals surface area contributed by atoms with Crippen LogP contribution >= 0.6 is 11.6 Å². The van der Waals surface area contributed by atoms with Gasteiger partial charge in [0.2, 0.25) is 10.0 Å². The summed E-state index contributed by atoms with van der Waals surface area (Å²) < 4.78 is 49.6. The van der Waals surface area contributed by atoms with Crippen LogP contribution in [-0.2, 0) is 10.0 Å². The van der Waals surface area contributed by atoms with Crippen molar-refractivity contribution in [3.63, 3.8) is 0 Å². The van der Waals surface area contributed by atoms with Crippen molar-refractivity contribution in [2.75, 3.05) is 0 Å². The van der Waals surface area contributed by atoms with E-state index >= 15 is 0 Å². The molecule has 9 heteroatoms. The Labute approximate surface area is 126 Å². The number of nitrogens with two attached hydrogens (primary N) is 1. The molecule has 0 saturated carbocycles. The molecule has 1 atom stereocenters. The van der Waals surface area contributed by atoms with Gasteiger partial charge in [-0.25, -0.2) is 22.3 Å². The van der Waals surface area contributed by atoms with E-state index in [9.17, 15) is 22.0 Å². The summed E-state index contributed by atoms with van der Waals surface area (Å²) in [4.78, 5) is 10.8. The molecule has 0 aliphatic rings. The molecule has 1 aromatic rings. The molecule has 0 fully saturated rings. The van der Waals surface area contributed by atoms with E-state index in [0.717, 1.165) is 0 Å². The minimum absolute atomic E-state index is 0.0794. The molecule has 3 N–H and O–H groups in total. The molecule has 0 aromatic heterocycles. The first-order valence-electron chi connectivity index (χ1n) is 5.98. The van der Waals surface area contributed by atoms with E-state index in [-0.39, 0.29) is 12.0 Å². The highest BCUT2D eigenvalue weighted by molar-refractivity contribution is 7.89. The van der Waals surface area contributed by atoms with E-state index in [0.29, 0.717) is 6.07 Å². The lowest BCUT2D eigenvalue weighted by Gasteiger charge is -2.18. The van der Waals surface area contributed by atoms with Gasteiger partial charge < -0.3 is 5.32 Å². The number of rotatable bonds is 4. The average Bonchev–Trinajstić information content (AvgIpc) is 2.31. The van der Waals surface area contributed by atoms with Crippen molar-refractivity contribution in [1.82, 2.24) is 5.32 Å². The fourth-order valence-corrected chi connectivity index (χ4v) is 2.70. The lowest BCUT2D eigenvalue weighted by molar-refractivity contribution is 0.0930. The Bertz CT molecular complexity index is 678. The van der Waals surface area contributed by atoms with Crippen LogP contribution in [-0.4, -0.2) is 20.4 Å². The van der Waals surface area contributed by atoms with Crippen molar-refractivity contribution in [2.24, 2.45) is 11.1 Å². The van der Waals surface area contributed by atoms with Gasteiger partial charge in [0.1, 0.15) is 4.90 Å². The Kier molecular flexibility index (Phi) is 5.30. The molecule has 1 unspecified atom stereocenters. The molecule has 0 heterocycles. The van der Waals surface area contributed by atoms with Crippen LogP contribution in [0.15, 0.2) is 11.0 Å². The van der Waals surface area contributed by atoms with Crippen molar-refractivity contribution in [3.8, 4) is 0 Å². The van der Waals surface area contributed by atoms with Crippen molar-refractivity contribution in [3.05, 3.63) is 28.3 Å². The van der Waals surface area contributed by atoms with Gasteiger partial charge in [-0.1, -0.05) is 25.4 Å². The minimum Gasteiger partial charge on any atom is -0.349 e. The fourth-order valence-electron chi connectivity index (χ4n) is 1.45. The minimum atomic E-state index is -4.61. The number of sulfonamides is 1. The monoisotopic (exact) mass is 340 g/mol. The number of halogens is 3. The van der Waals surface area contributed by atoms with E-state index in [4.69, 9.17) is 16.7 Å². The smallest absolute Gasteiger partial charge is 0.253 e. The second kappa shape index (κ2) is 6.25. The standard InChI is InChI=1S/C12H15ClF2N2O3S/c1-5(2)6(3)17-12(18)7-4-8(14)10(15)11(9(7)13)21(16,19)20/h4-6H,1-3H3,(H,17,18)(H2,16,19,20). The zero-order valence-electron chi connectivity index (χ0n) is 11.6. The van der Waals surface area contributed by atoms with Crippen LogP contribution in [0.5, 0.6) is 0 Å². The molecule has 1 rings (SSSR count). The maximum atomic E-state index is 13.5. The molecule has 0 saturated heterocycles. The molecular formula is C12H15ClF2N2O3S. The Morgan fingerprint density at radius 2 is 1.86 bits per heavy atom. The summed E-state index contributed by atoms with van der Waals surface area (Å²) in [7, 11) is -4.61. The van der Waals surface area contributed by atoms with Crippen LogP contribution in [0.3, 0.4) is 0 Å². The molecular weight excluding hydrogens is 326 g/mol. The number of hydrogen-bond acceptors (Lipinski definition) is 3. The third-order valence-corrected chi connectivity index (χ3v) is 4.46. The summed E-state index contributed by atoms with van der Waals surface area (Å²) in [5, 5.41) is 6.56. The first-order chi connectivity index (χ1) is 9.46. The lowest BCUT2D eigenvalue weighted by Crippen LogP contribution is -2.36. The van der Waals surface area contributed by atoms with Crippen LogP contribution in [0.4, 0.5) is 8.78 Å². The number of primary sulfonamides is 1. The van der Waals surface area contributed by atoms with Gasteiger partial charge in [0, 0.05) is 6.04 Å². The molecule has 0 bridgehead atoms. The molecule has 21 heavy (non-hydrogen) atoms. The summed E-state index contributed by atoms with van der Waals surface area (Å²) >= 11 is 5.70. The highest BCUT2D eigenvalue weighted by Crippen LogP contribution is 2.29. The second-order valence-corrected chi connectivity index (χ2v) is 6.79. The summed E-state index contributed by atoms with van der Waals surface area (Å²) in [6.07, 6.45) is 0. The molecule has 1 aromatic carbocycles. The predicted octanol–water partition coefficient (Wildman–Crippen LogP) is 2.04. The van der Waals surface area contributed by atoms with E-state index < -0.39 is 43.0 Å². The molecule has 5 nitrogen and oxygen atoms in total. The molecule has 0 aliphatic heterocycles. The number of benzene rings is 1. The normalized spacial score (nSPS) is 13.3. The van der Waals surface area contributed by atoms with Crippen molar-refractivity contribution in [1.29, 1.82) is 0 Å². The molecule has 0 spiro atoms. The number of nitrogens with one attached hydrogen (secondary N) is 1. The van der Waals surface area contributed by atoms with Crippen LogP contribution in [0.2, 0.25) is 5.02 Å². The zero-order chi connectivity index (χ0) is 16.5. The molecule has 0 radical (unpaired) electrons. The summed E-state index contributed by atoms with van der Waals surface area (Å²) in [5.41, 5.74) is -0.493. The van der Waals surface area contributed by atoms with Gasteiger partial charge in [0.05, 0.1) is 10.6 Å². The predicted molar refractivity (Wildman–Crippen MR) is 74.5 cm³/mol. The molecule has 1 amide bonds. The Balaban J connectivity index is 3.40. The van der Waals surface area contributed by atoms with Crippen molar-refractivity contribution >= 4 is 27.5 Å². The largest absolute Gasteiger partial charge is 0.349 e. The van der Waals surface area contributed by atoms with Crippen molar-refractivity contribution in [2.45, 2.75) is 31.7 Å². The topological polar surface area (TPSA) is 89.3 Å². The first-order valence-corrected chi connectivity index (χ1v) is 7.90. The third kappa shape index (κ3) is 3.90. The third-order valence-electron chi connectivity index (χ3n) is 3.00. The average molecular weight is 341 g/mol. The summed E-state index contributed by atoms with van der Waals surface area (Å²) in [5.74, 6) is -3.97. The molecule has 0 aliphatic carbocycles. The second-order valence-electron chi connectivity index (χ2n) is 4.91. The van der Waals surface area contributed by atoms with E-state index in [1.807, 2.05) is 13.8 Å². The molecule has 118 valence electrons. The van der Waals surface area contributed by atoms with Crippen LogP contribution in [0, 0.1) is 17.6 Å². The number of hydrogen-bond donors (Lipinski definition) is 2. The van der Waals surface area contributed by atoms with Crippen molar-refractivity contribution < 1.29 is 22.0 Å². The van der Waals surface area contributed by atoms with Gasteiger partial charge in [-0.05, 0) is 18.9 Å². The Morgan fingerprint density at radius 1 is 1.33 bits per heavy atom. The highest BCUT2D eigenvalue weighted by Gasteiger charge is 2.28. The van der Waals surface area contributed by atoms with Gasteiger partial charge in [0.25, 0.3) is 5.91 Å². The van der Waals surface area contributed by atoms with Gasteiger partial charge in [-0.2, -0.15) is 0 Å². The van der Waals surface area contributed by atoms with Crippen LogP contribution in [0.1, 0.15) is 31.1 Å². The van der Waals surface area contributed by atoms with Gasteiger partial charge >= 0.3 is 0 Å². The lowest BCUT2D eigenvalue weighted by atomic mass is 10.1. The Morgan fingerprint density at radius 3 is 2.29 bits per heavy atom. The van der Waals surface area contributed by atoms with Crippen LogP contribution < -0.4 is 10.5 Å². The number of carbonyl (C=O) groups excluding carboxylic acids is 1. The van der Waals surface area contributed by atoms with Gasteiger partial charge in [0.15, 0.2) is 11.6 Å². The highest BCUT2D eigenvalue weighted by atomic mass is 35.5. The fraction of sp³-hybridized carbons (Fsp3) is 0.417. The zero-order valence-corrected chi connectivity index (χ0v) is 13.1. The Hall–Kier alpha value is -1.25. The number of carbonyl (C=O) groups is 1. The number of amides is 1. The summed E-state index contributed by atoms with van der Waals surface area (Å²) in [6, 6.07) is 0.258. The van der Waals surface area contributed by atoms with E-state index in [1.54, 1.807) is 6.92 Å². The van der Waals surface area contributed by atoms with Gasteiger partial charge in [-0.15, -0.1) is 0 Å². The summed E-state index contributed by atoms with van der Waals surface area (Å²) in [6.45, 7) is 5.39. The van der Waals surface area contributed by atoms with E-state index in [1.165, 1.54) is 0 Å². The van der Waals surface area contributed by atoms with Gasteiger partial charge in [-0.3, -0.25) is 4.79 Å². The van der Waals surface area contributed by atoms with Crippen LogP contribution in [0.25, 0.3) is 0 Å². The maximum absolute atomic E-state index is 13.5. The van der Waals surface area contributed by atoms with E-state index in [2.05, 4.69) is 5.32 Å². The first kappa shape index (κ1) is 17.8.